The molecule has 2 aromatic carbocycles. The van der Waals surface area contributed by atoms with Crippen molar-refractivity contribution in [3.63, 3.8) is 0 Å². The molecule has 0 heterocycles. The molecule has 2 nitrogen and oxygen atoms in total. The van der Waals surface area contributed by atoms with Crippen LogP contribution in [0, 0.1) is 12.8 Å². The zero-order valence-corrected chi connectivity index (χ0v) is 12.2. The molecule has 0 fully saturated rings. The van der Waals surface area contributed by atoms with Gasteiger partial charge in [-0.25, -0.2) is 0 Å². The summed E-state index contributed by atoms with van der Waals surface area (Å²) >= 11 is 0. The van der Waals surface area contributed by atoms with E-state index >= 15 is 0 Å². The number of hydrogen-bond donors (Lipinski definition) is 2. The Bertz CT molecular complexity index is 538. The molecule has 20 heavy (non-hydrogen) atoms. The lowest BCUT2D eigenvalue weighted by molar-refractivity contribution is 0.121. The summed E-state index contributed by atoms with van der Waals surface area (Å²) in [7, 11) is 0. The van der Waals surface area contributed by atoms with Crippen molar-refractivity contribution in [1.82, 2.24) is 0 Å². The Kier molecular flexibility index (Phi) is 4.94. The van der Waals surface area contributed by atoms with Crippen LogP contribution in [0.3, 0.4) is 0 Å². The van der Waals surface area contributed by atoms with E-state index < -0.39 is 6.10 Å². The van der Waals surface area contributed by atoms with Gasteiger partial charge in [-0.2, -0.15) is 0 Å². The number of hydrogen-bond acceptors (Lipinski definition) is 2. The predicted molar refractivity (Wildman–Crippen MR) is 83.4 cm³/mol. The minimum atomic E-state index is -0.615. The van der Waals surface area contributed by atoms with Crippen LogP contribution in [0.15, 0.2) is 54.6 Å². The van der Waals surface area contributed by atoms with E-state index in [0.29, 0.717) is 0 Å². The highest BCUT2D eigenvalue weighted by Gasteiger charge is 2.22. The summed E-state index contributed by atoms with van der Waals surface area (Å²) in [6.07, 6.45) is 0.267. The molecule has 0 saturated carbocycles. The highest BCUT2D eigenvalue weighted by Crippen LogP contribution is 2.22. The van der Waals surface area contributed by atoms with Crippen LogP contribution in [-0.2, 0) is 6.42 Å². The normalized spacial score (nSPS) is 15.6. The van der Waals surface area contributed by atoms with E-state index in [-0.39, 0.29) is 12.0 Å². The van der Waals surface area contributed by atoms with Gasteiger partial charge in [-0.3, -0.25) is 0 Å². The monoisotopic (exact) mass is 269 g/mol. The Labute approximate surface area is 121 Å². The van der Waals surface area contributed by atoms with Gasteiger partial charge in [-0.05, 0) is 30.4 Å². The molecule has 0 radical (unpaired) electrons. The van der Waals surface area contributed by atoms with E-state index in [2.05, 4.69) is 38.1 Å². The number of nitrogens with two attached hydrogens (primary N) is 1. The summed E-state index contributed by atoms with van der Waals surface area (Å²) in [5.41, 5.74) is 9.64. The van der Waals surface area contributed by atoms with Crippen molar-refractivity contribution in [2.24, 2.45) is 11.7 Å². The molecule has 3 unspecified atom stereocenters. The zero-order valence-electron chi connectivity index (χ0n) is 12.2. The van der Waals surface area contributed by atoms with Gasteiger partial charge in [0.05, 0.1) is 6.10 Å². The van der Waals surface area contributed by atoms with E-state index in [1.165, 1.54) is 11.1 Å². The highest BCUT2D eigenvalue weighted by atomic mass is 16.3. The first kappa shape index (κ1) is 14.8. The van der Waals surface area contributed by atoms with Crippen LogP contribution in [0.1, 0.15) is 29.7 Å². The maximum atomic E-state index is 10.4. The lowest BCUT2D eigenvalue weighted by Crippen LogP contribution is -2.36. The third kappa shape index (κ3) is 3.69. The third-order valence-electron chi connectivity index (χ3n) is 3.80. The third-order valence-corrected chi connectivity index (χ3v) is 3.80. The topological polar surface area (TPSA) is 46.2 Å². The second kappa shape index (κ2) is 6.69. The van der Waals surface area contributed by atoms with Crippen molar-refractivity contribution in [2.45, 2.75) is 32.4 Å². The average Bonchev–Trinajstić information content (AvgIpc) is 2.46. The van der Waals surface area contributed by atoms with Crippen LogP contribution >= 0.6 is 0 Å². The molecule has 0 saturated heterocycles. The Morgan fingerprint density at radius 3 is 2.40 bits per heavy atom. The number of aliphatic hydroxyl groups excluding tert-OH is 1. The molecule has 3 atom stereocenters. The van der Waals surface area contributed by atoms with Crippen molar-refractivity contribution in [2.75, 3.05) is 0 Å². The number of rotatable bonds is 5. The Morgan fingerprint density at radius 2 is 1.75 bits per heavy atom. The van der Waals surface area contributed by atoms with Gasteiger partial charge in [-0.1, -0.05) is 67.1 Å². The second-order valence-corrected chi connectivity index (χ2v) is 5.60. The smallest absolute Gasteiger partial charge is 0.0943 e. The summed E-state index contributed by atoms with van der Waals surface area (Å²) in [4.78, 5) is 0. The van der Waals surface area contributed by atoms with E-state index in [4.69, 9.17) is 5.73 Å². The standard InChI is InChI=1S/C18H23NO/c1-13-7-6-8-15(11-13)12-14(2)17(19)18(20)16-9-4-3-5-10-16/h3-11,14,17-18,20H,12,19H2,1-2H3. The lowest BCUT2D eigenvalue weighted by Gasteiger charge is -2.25. The van der Waals surface area contributed by atoms with Crippen molar-refractivity contribution < 1.29 is 5.11 Å². The first-order valence-electron chi connectivity index (χ1n) is 7.12. The molecule has 0 aliphatic heterocycles. The maximum absolute atomic E-state index is 10.4. The first-order chi connectivity index (χ1) is 9.58. The van der Waals surface area contributed by atoms with Gasteiger partial charge in [0.1, 0.15) is 0 Å². The van der Waals surface area contributed by atoms with E-state index in [0.717, 1.165) is 12.0 Å². The maximum Gasteiger partial charge on any atom is 0.0943 e. The van der Waals surface area contributed by atoms with Crippen LogP contribution < -0.4 is 5.73 Å². The van der Waals surface area contributed by atoms with Gasteiger partial charge >= 0.3 is 0 Å². The molecule has 2 aromatic rings. The molecule has 0 bridgehead atoms. The number of aliphatic hydroxyl groups is 1. The van der Waals surface area contributed by atoms with E-state index in [9.17, 15) is 5.11 Å². The van der Waals surface area contributed by atoms with Crippen LogP contribution in [0.25, 0.3) is 0 Å². The van der Waals surface area contributed by atoms with Gasteiger partial charge in [0.15, 0.2) is 0 Å². The molecule has 0 aliphatic carbocycles. The lowest BCUT2D eigenvalue weighted by atomic mass is 9.88. The number of aryl methyl sites for hydroxylation is 1. The Morgan fingerprint density at radius 1 is 1.05 bits per heavy atom. The second-order valence-electron chi connectivity index (χ2n) is 5.60. The fourth-order valence-electron chi connectivity index (χ4n) is 2.53. The Balaban J connectivity index is 2.03. The molecule has 106 valence electrons. The van der Waals surface area contributed by atoms with Gasteiger partial charge in [0.25, 0.3) is 0 Å². The van der Waals surface area contributed by atoms with Crippen LogP contribution in [0.4, 0.5) is 0 Å². The van der Waals surface area contributed by atoms with Gasteiger partial charge in [0, 0.05) is 6.04 Å². The number of benzene rings is 2. The van der Waals surface area contributed by atoms with E-state index in [1.807, 2.05) is 30.3 Å². The molecule has 2 rings (SSSR count). The van der Waals surface area contributed by atoms with Crippen LogP contribution in [0.5, 0.6) is 0 Å². The summed E-state index contributed by atoms with van der Waals surface area (Å²) in [5, 5.41) is 10.4. The fraction of sp³-hybridized carbons (Fsp3) is 0.333. The summed E-state index contributed by atoms with van der Waals surface area (Å²) in [6, 6.07) is 17.8. The quantitative estimate of drug-likeness (QED) is 0.875. The molecule has 0 aliphatic rings. The van der Waals surface area contributed by atoms with Crippen molar-refractivity contribution in [1.29, 1.82) is 0 Å². The Hall–Kier alpha value is -1.64. The molecule has 0 amide bonds. The van der Waals surface area contributed by atoms with Gasteiger partial charge in [-0.15, -0.1) is 0 Å². The molecule has 3 N–H and O–H groups in total. The minimum absolute atomic E-state index is 0.215. The molecular formula is C18H23NO. The predicted octanol–water partition coefficient (Wildman–Crippen LogP) is 3.23. The molecular weight excluding hydrogens is 246 g/mol. The summed E-state index contributed by atoms with van der Waals surface area (Å²) < 4.78 is 0. The van der Waals surface area contributed by atoms with Crippen LogP contribution in [-0.4, -0.2) is 11.1 Å². The minimum Gasteiger partial charge on any atom is -0.387 e. The largest absolute Gasteiger partial charge is 0.387 e. The molecule has 0 spiro atoms. The zero-order chi connectivity index (χ0) is 14.5. The van der Waals surface area contributed by atoms with Crippen molar-refractivity contribution >= 4 is 0 Å². The first-order valence-corrected chi connectivity index (χ1v) is 7.12. The average molecular weight is 269 g/mol. The highest BCUT2D eigenvalue weighted by molar-refractivity contribution is 5.23. The fourth-order valence-corrected chi connectivity index (χ4v) is 2.53. The van der Waals surface area contributed by atoms with E-state index in [1.54, 1.807) is 0 Å². The molecule has 0 aromatic heterocycles. The van der Waals surface area contributed by atoms with Crippen molar-refractivity contribution in [3.05, 3.63) is 71.3 Å². The van der Waals surface area contributed by atoms with Gasteiger partial charge < -0.3 is 10.8 Å². The van der Waals surface area contributed by atoms with Crippen molar-refractivity contribution in [3.8, 4) is 0 Å². The molecule has 2 heteroatoms. The summed E-state index contributed by atoms with van der Waals surface area (Å²) in [5.74, 6) is 0.215. The van der Waals surface area contributed by atoms with Gasteiger partial charge in [0.2, 0.25) is 0 Å². The summed E-state index contributed by atoms with van der Waals surface area (Å²) in [6.45, 7) is 4.19. The van der Waals surface area contributed by atoms with Crippen LogP contribution in [0.2, 0.25) is 0 Å². The SMILES string of the molecule is Cc1cccc(CC(C)C(N)C(O)c2ccccc2)c1.